The molecule has 0 aliphatic rings. The number of rotatable bonds is 6. The summed E-state index contributed by atoms with van der Waals surface area (Å²) in [4.78, 5) is 0.192. The second-order valence-electron chi connectivity index (χ2n) is 5.98. The monoisotopic (exact) mass is 349 g/mol. The Morgan fingerprint density at radius 1 is 1.04 bits per heavy atom. The van der Waals surface area contributed by atoms with Crippen LogP contribution in [0.25, 0.3) is 10.8 Å². The van der Waals surface area contributed by atoms with Crippen molar-refractivity contribution >= 4 is 20.9 Å². The molecule has 24 heavy (non-hydrogen) atoms. The molecule has 0 fully saturated rings. The topological polar surface area (TPSA) is 55.4 Å². The lowest BCUT2D eigenvalue weighted by Gasteiger charge is -2.10. The van der Waals surface area contributed by atoms with Gasteiger partial charge >= 0.3 is 0 Å². The van der Waals surface area contributed by atoms with Crippen molar-refractivity contribution < 1.29 is 12.6 Å². The fourth-order valence-corrected chi connectivity index (χ4v) is 3.38. The van der Waals surface area contributed by atoms with Gasteiger partial charge in [0.1, 0.15) is 4.90 Å². The number of nitrogens with one attached hydrogen (secondary N) is 1. The average Bonchev–Trinajstić information content (AvgIpc) is 2.51. The smallest absolute Gasteiger partial charge is 0.297 e. The van der Waals surface area contributed by atoms with Crippen molar-refractivity contribution in [3.63, 3.8) is 0 Å². The minimum absolute atomic E-state index is 0.0223. The fraction of sp³-hybridized carbons (Fsp3) is 0.368. The summed E-state index contributed by atoms with van der Waals surface area (Å²) in [5.74, 6) is 0. The molecule has 4 nitrogen and oxygen atoms in total. The van der Waals surface area contributed by atoms with E-state index in [2.05, 4.69) is 39.6 Å². The molecule has 0 aromatic heterocycles. The molecule has 2 aromatic rings. The van der Waals surface area contributed by atoms with E-state index in [0.717, 1.165) is 5.39 Å². The number of hydrogen-bond acceptors (Lipinski definition) is 4. The van der Waals surface area contributed by atoms with Gasteiger partial charge in [-0.3, -0.25) is 4.18 Å². The number of benzene rings is 2. The van der Waals surface area contributed by atoms with Gasteiger partial charge < -0.3 is 5.32 Å². The molecule has 0 spiro atoms. The molecule has 132 valence electrons. The van der Waals surface area contributed by atoms with E-state index in [1.165, 1.54) is 6.08 Å². The molecule has 5 heteroatoms. The zero-order valence-electron chi connectivity index (χ0n) is 14.8. The van der Waals surface area contributed by atoms with E-state index >= 15 is 0 Å². The van der Waals surface area contributed by atoms with Crippen LogP contribution < -0.4 is 5.32 Å². The van der Waals surface area contributed by atoms with Crippen LogP contribution in [0.5, 0.6) is 0 Å². The van der Waals surface area contributed by atoms with Crippen molar-refractivity contribution in [3.05, 3.63) is 55.1 Å². The normalized spacial score (nSPS) is 11.4. The van der Waals surface area contributed by atoms with Gasteiger partial charge in [0, 0.05) is 17.5 Å². The van der Waals surface area contributed by atoms with E-state index in [0.29, 0.717) is 17.5 Å². The summed E-state index contributed by atoms with van der Waals surface area (Å²) in [6, 6.07) is 13.6. The van der Waals surface area contributed by atoms with E-state index in [4.69, 9.17) is 4.18 Å². The van der Waals surface area contributed by atoms with Gasteiger partial charge in [0.15, 0.2) is 0 Å². The van der Waals surface area contributed by atoms with Crippen LogP contribution in [-0.2, 0) is 14.3 Å². The molecular formula is C19H27NO3S. The Morgan fingerprint density at radius 2 is 1.62 bits per heavy atom. The summed E-state index contributed by atoms with van der Waals surface area (Å²) in [5.41, 5.74) is 0. The van der Waals surface area contributed by atoms with Crippen molar-refractivity contribution in [1.82, 2.24) is 5.32 Å². The van der Waals surface area contributed by atoms with Crippen LogP contribution in [0.2, 0.25) is 0 Å². The Hall–Kier alpha value is -1.69. The highest BCUT2D eigenvalue weighted by molar-refractivity contribution is 7.87. The first kappa shape index (κ1) is 20.4. The van der Waals surface area contributed by atoms with Gasteiger partial charge in [-0.05, 0) is 11.5 Å². The van der Waals surface area contributed by atoms with Crippen LogP contribution in [0.1, 0.15) is 27.7 Å². The van der Waals surface area contributed by atoms with E-state index in [1.807, 2.05) is 18.2 Å². The van der Waals surface area contributed by atoms with Crippen LogP contribution >= 0.6 is 0 Å². The number of fused-ring (bicyclic) bond motifs is 1. The van der Waals surface area contributed by atoms with Crippen LogP contribution in [0.15, 0.2) is 60.0 Å². The molecule has 0 heterocycles. The molecule has 0 bridgehead atoms. The lowest BCUT2D eigenvalue weighted by atomic mass is 10.1. The fourth-order valence-electron chi connectivity index (χ4n) is 2.28. The second kappa shape index (κ2) is 9.57. The SMILES string of the molecule is C=CCOS(=O)(=O)c1cccc2ccccc12.CC(C)NC(C)C. The maximum Gasteiger partial charge on any atom is 0.297 e. The van der Waals surface area contributed by atoms with Gasteiger partial charge in [-0.15, -0.1) is 6.58 Å². The molecule has 0 amide bonds. The van der Waals surface area contributed by atoms with Gasteiger partial charge in [-0.25, -0.2) is 0 Å². The largest absolute Gasteiger partial charge is 0.312 e. The zero-order chi connectivity index (χ0) is 18.2. The minimum Gasteiger partial charge on any atom is -0.312 e. The third-order valence-electron chi connectivity index (χ3n) is 3.03. The van der Waals surface area contributed by atoms with E-state index < -0.39 is 10.1 Å². The van der Waals surface area contributed by atoms with Crippen molar-refractivity contribution in [1.29, 1.82) is 0 Å². The highest BCUT2D eigenvalue weighted by Gasteiger charge is 2.17. The molecule has 0 saturated carbocycles. The van der Waals surface area contributed by atoms with Crippen molar-refractivity contribution in [3.8, 4) is 0 Å². The highest BCUT2D eigenvalue weighted by Crippen LogP contribution is 2.24. The maximum atomic E-state index is 11.9. The number of hydrogen-bond donors (Lipinski definition) is 1. The summed E-state index contributed by atoms with van der Waals surface area (Å²) >= 11 is 0. The quantitative estimate of drug-likeness (QED) is 0.629. The molecule has 1 N–H and O–H groups in total. The molecule has 0 atom stereocenters. The Labute approximate surface area is 145 Å². The third kappa shape index (κ3) is 6.43. The first-order valence-electron chi connectivity index (χ1n) is 8.02. The Kier molecular flexibility index (Phi) is 8.11. The van der Waals surface area contributed by atoms with Gasteiger partial charge in [0.05, 0.1) is 6.61 Å². The average molecular weight is 349 g/mol. The highest BCUT2D eigenvalue weighted by atomic mass is 32.2. The van der Waals surface area contributed by atoms with E-state index in [-0.39, 0.29) is 11.5 Å². The summed E-state index contributed by atoms with van der Waals surface area (Å²) in [5, 5.41) is 4.84. The van der Waals surface area contributed by atoms with Crippen molar-refractivity contribution in [2.75, 3.05) is 6.61 Å². The molecule has 0 unspecified atom stereocenters. The first-order valence-corrected chi connectivity index (χ1v) is 9.43. The lowest BCUT2D eigenvalue weighted by Crippen LogP contribution is -2.29. The van der Waals surface area contributed by atoms with Crippen LogP contribution in [0, 0.1) is 0 Å². The van der Waals surface area contributed by atoms with Gasteiger partial charge in [-0.1, -0.05) is 70.2 Å². The molecule has 2 aromatic carbocycles. The van der Waals surface area contributed by atoms with Crippen molar-refractivity contribution in [2.45, 2.75) is 44.7 Å². The molecule has 0 aliphatic heterocycles. The summed E-state index contributed by atoms with van der Waals surface area (Å²) in [6.07, 6.45) is 1.41. The maximum absolute atomic E-state index is 11.9. The molecular weight excluding hydrogens is 322 g/mol. The van der Waals surface area contributed by atoms with Crippen molar-refractivity contribution in [2.24, 2.45) is 0 Å². The third-order valence-corrected chi connectivity index (χ3v) is 4.37. The van der Waals surface area contributed by atoms with Gasteiger partial charge in [0.2, 0.25) is 0 Å². The molecule has 0 saturated heterocycles. The first-order chi connectivity index (χ1) is 11.3. The molecule has 0 aliphatic carbocycles. The van der Waals surface area contributed by atoms with Gasteiger partial charge in [-0.2, -0.15) is 8.42 Å². The Morgan fingerprint density at radius 3 is 2.17 bits per heavy atom. The summed E-state index contributed by atoms with van der Waals surface area (Å²) in [7, 11) is -3.72. The predicted molar refractivity (Wildman–Crippen MR) is 101 cm³/mol. The van der Waals surface area contributed by atoms with E-state index in [9.17, 15) is 8.42 Å². The molecule has 0 radical (unpaired) electrons. The molecule has 2 rings (SSSR count). The predicted octanol–water partition coefficient (Wildman–Crippen LogP) is 4.12. The summed E-state index contributed by atoms with van der Waals surface area (Å²) < 4.78 is 28.7. The second-order valence-corrected chi connectivity index (χ2v) is 7.56. The Bertz CT molecular complexity index is 741. The standard InChI is InChI=1S/C13H12O3S.C6H15N/c1-2-10-16-17(14,15)13-9-5-7-11-6-3-4-8-12(11)13;1-5(2)7-6(3)4/h2-9H,1,10H2;5-7H,1-4H3. The van der Waals surface area contributed by atoms with E-state index in [1.54, 1.807) is 24.3 Å². The zero-order valence-corrected chi connectivity index (χ0v) is 15.6. The minimum atomic E-state index is -3.72. The Balaban J connectivity index is 0.000000351. The van der Waals surface area contributed by atoms with Gasteiger partial charge in [0.25, 0.3) is 10.1 Å². The van der Waals surface area contributed by atoms with Crippen LogP contribution in [0.4, 0.5) is 0 Å². The van der Waals surface area contributed by atoms with Crippen LogP contribution in [0.3, 0.4) is 0 Å². The summed E-state index contributed by atoms with van der Waals surface area (Å²) in [6.45, 7) is 12.0. The lowest BCUT2D eigenvalue weighted by molar-refractivity contribution is 0.358. The van der Waals surface area contributed by atoms with Crippen LogP contribution in [-0.4, -0.2) is 27.1 Å².